The minimum absolute atomic E-state index is 0.0263. The molecular weight excluding hydrogens is 252 g/mol. The summed E-state index contributed by atoms with van der Waals surface area (Å²) in [4.78, 5) is 19.9. The fourth-order valence-electron chi connectivity index (χ4n) is 2.06. The van der Waals surface area contributed by atoms with E-state index in [0.29, 0.717) is 11.0 Å². The molecule has 1 aliphatic heterocycles. The van der Waals surface area contributed by atoms with Gasteiger partial charge in [0.2, 0.25) is 5.91 Å². The average molecular weight is 269 g/mol. The summed E-state index contributed by atoms with van der Waals surface area (Å²) in [5.74, 6) is 0.706. The van der Waals surface area contributed by atoms with E-state index in [1.807, 2.05) is 0 Å². The molecular formula is C12H17ClN4O. The van der Waals surface area contributed by atoms with Gasteiger partial charge in [-0.15, -0.1) is 0 Å². The maximum absolute atomic E-state index is 11.7. The lowest BCUT2D eigenvalue weighted by atomic mass is 10.1. The molecule has 5 nitrogen and oxygen atoms in total. The van der Waals surface area contributed by atoms with Gasteiger partial charge in [-0.3, -0.25) is 4.79 Å². The molecule has 0 radical (unpaired) electrons. The highest BCUT2D eigenvalue weighted by atomic mass is 35.5. The van der Waals surface area contributed by atoms with E-state index in [0.717, 1.165) is 37.8 Å². The van der Waals surface area contributed by atoms with Crippen LogP contribution in [0.3, 0.4) is 0 Å². The second-order valence-corrected chi connectivity index (χ2v) is 4.73. The topological polar surface area (TPSA) is 66.9 Å². The Kier molecular flexibility index (Phi) is 4.36. The van der Waals surface area contributed by atoms with Crippen LogP contribution in [0.15, 0.2) is 6.33 Å². The van der Waals surface area contributed by atoms with Crippen LogP contribution in [0, 0.1) is 0 Å². The molecule has 98 valence electrons. The summed E-state index contributed by atoms with van der Waals surface area (Å²) < 4.78 is 0. The number of aromatic nitrogens is 2. The Bertz CT molecular complexity index is 438. The first-order valence-electron chi connectivity index (χ1n) is 6.26. The standard InChI is InChI=1S/C12H17ClN4O/c1-2-4-8-10(13)15-7-16-11(8)17-9-5-3-6-14-12(9)18/h7,9H,2-6H2,1H3,(H,14,18)(H,15,16,17). The number of hydrogen-bond acceptors (Lipinski definition) is 4. The summed E-state index contributed by atoms with van der Waals surface area (Å²) in [6, 6.07) is -0.222. The first-order chi connectivity index (χ1) is 8.72. The molecule has 1 aromatic rings. The largest absolute Gasteiger partial charge is 0.358 e. The van der Waals surface area contributed by atoms with E-state index < -0.39 is 0 Å². The highest BCUT2D eigenvalue weighted by Gasteiger charge is 2.23. The monoisotopic (exact) mass is 268 g/mol. The highest BCUT2D eigenvalue weighted by molar-refractivity contribution is 6.30. The lowest BCUT2D eigenvalue weighted by Crippen LogP contribution is -2.44. The van der Waals surface area contributed by atoms with Gasteiger partial charge in [-0.05, 0) is 19.3 Å². The SMILES string of the molecule is CCCc1c(Cl)ncnc1NC1CCCNC1=O. The van der Waals surface area contributed by atoms with Crippen molar-refractivity contribution in [1.82, 2.24) is 15.3 Å². The molecule has 1 unspecified atom stereocenters. The van der Waals surface area contributed by atoms with Crippen LogP contribution in [0.1, 0.15) is 31.7 Å². The number of carbonyl (C=O) groups excluding carboxylic acids is 1. The molecule has 1 aliphatic rings. The summed E-state index contributed by atoms with van der Waals surface area (Å²) >= 11 is 6.07. The molecule has 2 N–H and O–H groups in total. The lowest BCUT2D eigenvalue weighted by molar-refractivity contribution is -0.123. The summed E-state index contributed by atoms with van der Waals surface area (Å²) in [7, 11) is 0. The van der Waals surface area contributed by atoms with Gasteiger partial charge in [-0.2, -0.15) is 0 Å². The Morgan fingerprint density at radius 1 is 1.56 bits per heavy atom. The van der Waals surface area contributed by atoms with Crippen LogP contribution < -0.4 is 10.6 Å². The van der Waals surface area contributed by atoms with Crippen molar-refractivity contribution in [3.8, 4) is 0 Å². The number of nitrogens with one attached hydrogen (secondary N) is 2. The molecule has 1 saturated heterocycles. The van der Waals surface area contributed by atoms with Gasteiger partial charge in [-0.25, -0.2) is 9.97 Å². The number of piperidine rings is 1. The maximum atomic E-state index is 11.7. The zero-order valence-corrected chi connectivity index (χ0v) is 11.1. The van der Waals surface area contributed by atoms with E-state index >= 15 is 0 Å². The molecule has 6 heteroatoms. The molecule has 0 spiro atoms. The second-order valence-electron chi connectivity index (χ2n) is 4.37. The van der Waals surface area contributed by atoms with Gasteiger partial charge in [0.05, 0.1) is 0 Å². The zero-order chi connectivity index (χ0) is 13.0. The van der Waals surface area contributed by atoms with E-state index in [1.165, 1.54) is 6.33 Å². The van der Waals surface area contributed by atoms with Crippen molar-refractivity contribution in [1.29, 1.82) is 0 Å². The summed E-state index contributed by atoms with van der Waals surface area (Å²) in [5, 5.41) is 6.48. The summed E-state index contributed by atoms with van der Waals surface area (Å²) in [6.07, 6.45) is 4.98. The zero-order valence-electron chi connectivity index (χ0n) is 10.4. The van der Waals surface area contributed by atoms with Gasteiger partial charge in [0.25, 0.3) is 0 Å². The third kappa shape index (κ3) is 2.90. The number of carbonyl (C=O) groups is 1. The maximum Gasteiger partial charge on any atom is 0.242 e. The Hall–Kier alpha value is -1.36. The van der Waals surface area contributed by atoms with Gasteiger partial charge < -0.3 is 10.6 Å². The first-order valence-corrected chi connectivity index (χ1v) is 6.63. The predicted octanol–water partition coefficient (Wildman–Crippen LogP) is 1.77. The highest BCUT2D eigenvalue weighted by Crippen LogP contribution is 2.23. The van der Waals surface area contributed by atoms with E-state index in [2.05, 4.69) is 27.5 Å². The number of rotatable bonds is 4. The Morgan fingerprint density at radius 3 is 3.11 bits per heavy atom. The minimum Gasteiger partial charge on any atom is -0.358 e. The number of anilines is 1. The first kappa shape index (κ1) is 13.1. The number of hydrogen-bond donors (Lipinski definition) is 2. The molecule has 1 atom stereocenters. The molecule has 18 heavy (non-hydrogen) atoms. The molecule has 2 rings (SSSR count). The van der Waals surface area contributed by atoms with Crippen molar-refractivity contribution in [3.05, 3.63) is 17.0 Å². The second kappa shape index (κ2) is 6.00. The van der Waals surface area contributed by atoms with Gasteiger partial charge in [0.1, 0.15) is 23.3 Å². The van der Waals surface area contributed by atoms with Crippen LogP contribution in [0.5, 0.6) is 0 Å². The number of amides is 1. The molecule has 0 bridgehead atoms. The quantitative estimate of drug-likeness (QED) is 0.817. The normalized spacial score (nSPS) is 19.4. The fraction of sp³-hybridized carbons (Fsp3) is 0.583. The van der Waals surface area contributed by atoms with Crippen LogP contribution >= 0.6 is 11.6 Å². The smallest absolute Gasteiger partial charge is 0.242 e. The number of nitrogens with zero attached hydrogens (tertiary/aromatic N) is 2. The van der Waals surface area contributed by atoms with Gasteiger partial charge in [0, 0.05) is 12.1 Å². The molecule has 0 aromatic carbocycles. The number of halogens is 1. The van der Waals surface area contributed by atoms with E-state index in [9.17, 15) is 4.79 Å². The lowest BCUT2D eigenvalue weighted by Gasteiger charge is -2.24. The van der Waals surface area contributed by atoms with Crippen molar-refractivity contribution >= 4 is 23.3 Å². The third-order valence-corrected chi connectivity index (χ3v) is 3.31. The van der Waals surface area contributed by atoms with Crippen molar-refractivity contribution in [2.45, 2.75) is 38.6 Å². The van der Waals surface area contributed by atoms with Gasteiger partial charge in [0.15, 0.2) is 0 Å². The Balaban J connectivity index is 2.17. The summed E-state index contributed by atoms with van der Waals surface area (Å²) in [6.45, 7) is 2.82. The van der Waals surface area contributed by atoms with Gasteiger partial charge in [-0.1, -0.05) is 24.9 Å². The van der Waals surface area contributed by atoms with E-state index in [4.69, 9.17) is 11.6 Å². The molecule has 1 fully saturated rings. The van der Waals surface area contributed by atoms with Crippen molar-refractivity contribution in [2.75, 3.05) is 11.9 Å². The van der Waals surface area contributed by atoms with E-state index in [-0.39, 0.29) is 11.9 Å². The molecule has 0 aliphatic carbocycles. The van der Waals surface area contributed by atoms with Crippen LogP contribution in [-0.2, 0) is 11.2 Å². The van der Waals surface area contributed by atoms with Crippen LogP contribution in [-0.4, -0.2) is 28.5 Å². The molecule has 1 aromatic heterocycles. The average Bonchev–Trinajstić information content (AvgIpc) is 2.36. The van der Waals surface area contributed by atoms with Crippen molar-refractivity contribution in [3.63, 3.8) is 0 Å². The Morgan fingerprint density at radius 2 is 2.39 bits per heavy atom. The van der Waals surface area contributed by atoms with Crippen molar-refractivity contribution < 1.29 is 4.79 Å². The molecule has 0 saturated carbocycles. The fourth-order valence-corrected chi connectivity index (χ4v) is 2.29. The van der Waals surface area contributed by atoms with Crippen LogP contribution in [0.25, 0.3) is 0 Å². The predicted molar refractivity (Wildman–Crippen MR) is 70.7 cm³/mol. The van der Waals surface area contributed by atoms with Crippen LogP contribution in [0.2, 0.25) is 5.15 Å². The third-order valence-electron chi connectivity index (χ3n) is 2.99. The molecule has 2 heterocycles. The summed E-state index contributed by atoms with van der Waals surface area (Å²) in [5.41, 5.74) is 0.889. The minimum atomic E-state index is -0.222. The molecule has 1 amide bonds. The van der Waals surface area contributed by atoms with Gasteiger partial charge >= 0.3 is 0 Å². The van der Waals surface area contributed by atoms with Crippen LogP contribution in [0.4, 0.5) is 5.82 Å². The van der Waals surface area contributed by atoms with E-state index in [1.54, 1.807) is 0 Å². The Labute approximate surface area is 111 Å². The van der Waals surface area contributed by atoms with Crippen molar-refractivity contribution in [2.24, 2.45) is 0 Å².